The van der Waals surface area contributed by atoms with Crippen molar-refractivity contribution in [1.29, 1.82) is 0 Å². The lowest BCUT2D eigenvalue weighted by atomic mass is 9.86. The van der Waals surface area contributed by atoms with Crippen LogP contribution in [0.5, 0.6) is 0 Å². The van der Waals surface area contributed by atoms with Crippen molar-refractivity contribution < 1.29 is 22.7 Å². The molecule has 0 saturated heterocycles. The fraction of sp³-hybridized carbons (Fsp3) is 0.316. The largest absolute Gasteiger partial charge is 0.415 e. The lowest BCUT2D eigenvalue weighted by molar-refractivity contribution is -0.231. The van der Waals surface area contributed by atoms with Crippen LogP contribution in [0, 0.1) is 12.7 Å². The number of ether oxygens (including phenoxy) is 1. The van der Waals surface area contributed by atoms with Gasteiger partial charge in [-0.05, 0) is 50.6 Å². The standard InChI is InChI=1S/C19H18ClF3N4O2/c1-9-6-11(20)8-25-15(9)16(28)26-12-4-5-14(21)13(7-12)18(3)10(2)29-19(22,23)17(24)27-18/h4-8,10H,1-3H3,(H2,24,27)(H,26,28). The molecule has 1 aromatic heterocycles. The Morgan fingerprint density at radius 2 is 2.03 bits per heavy atom. The van der Waals surface area contributed by atoms with Crippen LogP contribution in [-0.2, 0) is 10.3 Å². The van der Waals surface area contributed by atoms with Crippen LogP contribution < -0.4 is 11.1 Å². The van der Waals surface area contributed by atoms with Crippen molar-refractivity contribution in [3.8, 4) is 0 Å². The Kier molecular flexibility index (Phi) is 5.31. The molecule has 3 N–H and O–H groups in total. The quantitative estimate of drug-likeness (QED) is 0.775. The molecule has 6 nitrogen and oxygen atoms in total. The zero-order chi connectivity index (χ0) is 21.6. The number of rotatable bonds is 3. The smallest absolute Gasteiger partial charge is 0.380 e. The molecule has 2 heterocycles. The number of hydrogen-bond donors (Lipinski definition) is 2. The minimum Gasteiger partial charge on any atom is -0.380 e. The van der Waals surface area contributed by atoms with Gasteiger partial charge in [0, 0.05) is 17.4 Å². The maximum absolute atomic E-state index is 14.6. The Bertz CT molecular complexity index is 1010. The predicted molar refractivity (Wildman–Crippen MR) is 103 cm³/mol. The summed E-state index contributed by atoms with van der Waals surface area (Å²) in [6.45, 7) is 4.44. The number of aliphatic imine (C=N–C) groups is 1. The van der Waals surface area contributed by atoms with Crippen LogP contribution in [-0.4, -0.2) is 28.9 Å². The Morgan fingerprint density at radius 1 is 1.34 bits per heavy atom. The number of benzene rings is 1. The summed E-state index contributed by atoms with van der Waals surface area (Å²) in [5, 5.41) is 2.99. The molecular weight excluding hydrogens is 409 g/mol. The molecule has 3 rings (SSSR count). The van der Waals surface area contributed by atoms with Crippen LogP contribution >= 0.6 is 11.6 Å². The molecule has 0 bridgehead atoms. The molecule has 1 aromatic carbocycles. The van der Waals surface area contributed by atoms with Crippen molar-refractivity contribution in [1.82, 2.24) is 4.98 Å². The van der Waals surface area contributed by atoms with E-state index in [0.717, 1.165) is 6.07 Å². The zero-order valence-corrected chi connectivity index (χ0v) is 16.5. The van der Waals surface area contributed by atoms with E-state index < -0.39 is 35.3 Å². The normalized spacial score (nSPS) is 23.4. The molecule has 10 heteroatoms. The first-order valence-electron chi connectivity index (χ1n) is 8.59. The first-order valence-corrected chi connectivity index (χ1v) is 8.97. The van der Waals surface area contributed by atoms with Gasteiger partial charge in [-0.2, -0.15) is 8.78 Å². The number of anilines is 1. The number of nitrogens with zero attached hydrogens (tertiary/aromatic N) is 2. The molecule has 1 amide bonds. The Hall–Kier alpha value is -2.65. The summed E-state index contributed by atoms with van der Waals surface area (Å²) in [4.78, 5) is 20.3. The number of halogens is 4. The van der Waals surface area contributed by atoms with Gasteiger partial charge in [-0.1, -0.05) is 11.6 Å². The lowest BCUT2D eigenvalue weighted by Gasteiger charge is -2.39. The number of aromatic nitrogens is 1. The fourth-order valence-electron chi connectivity index (χ4n) is 3.04. The molecule has 0 radical (unpaired) electrons. The van der Waals surface area contributed by atoms with E-state index in [-0.39, 0.29) is 16.9 Å². The van der Waals surface area contributed by atoms with E-state index in [4.69, 9.17) is 17.3 Å². The maximum Gasteiger partial charge on any atom is 0.415 e. The molecule has 2 aromatic rings. The van der Waals surface area contributed by atoms with Gasteiger partial charge in [-0.3, -0.25) is 9.79 Å². The molecule has 2 unspecified atom stereocenters. The number of nitrogens with one attached hydrogen (secondary N) is 1. The van der Waals surface area contributed by atoms with E-state index in [9.17, 15) is 18.0 Å². The maximum atomic E-state index is 14.6. The number of hydrogen-bond acceptors (Lipinski definition) is 5. The van der Waals surface area contributed by atoms with Crippen molar-refractivity contribution >= 4 is 29.0 Å². The predicted octanol–water partition coefficient (Wildman–Crippen LogP) is 4.02. The molecular formula is C19H18ClF3N4O2. The summed E-state index contributed by atoms with van der Waals surface area (Å²) >= 11 is 5.84. The van der Waals surface area contributed by atoms with Crippen molar-refractivity contribution in [2.45, 2.75) is 38.5 Å². The van der Waals surface area contributed by atoms with Crippen LogP contribution in [0.4, 0.5) is 18.9 Å². The summed E-state index contributed by atoms with van der Waals surface area (Å²) < 4.78 is 46.6. The number of amidine groups is 1. The number of pyridine rings is 1. The molecule has 29 heavy (non-hydrogen) atoms. The highest BCUT2D eigenvalue weighted by Crippen LogP contribution is 2.40. The van der Waals surface area contributed by atoms with E-state index in [0.29, 0.717) is 10.6 Å². The average Bonchev–Trinajstić information content (AvgIpc) is 2.61. The second-order valence-electron chi connectivity index (χ2n) is 6.89. The van der Waals surface area contributed by atoms with Gasteiger partial charge in [0.25, 0.3) is 5.91 Å². The molecule has 2 atom stereocenters. The first-order chi connectivity index (χ1) is 13.4. The molecule has 0 aliphatic carbocycles. The first kappa shape index (κ1) is 21.1. The zero-order valence-electron chi connectivity index (χ0n) is 15.8. The summed E-state index contributed by atoms with van der Waals surface area (Å²) in [6, 6.07) is 5.32. The van der Waals surface area contributed by atoms with Crippen molar-refractivity contribution in [2.75, 3.05) is 5.32 Å². The number of aryl methyl sites for hydroxylation is 1. The monoisotopic (exact) mass is 426 g/mol. The van der Waals surface area contributed by atoms with Crippen molar-refractivity contribution in [2.24, 2.45) is 10.7 Å². The highest BCUT2D eigenvalue weighted by atomic mass is 35.5. The molecule has 1 aliphatic heterocycles. The average molecular weight is 427 g/mol. The SMILES string of the molecule is Cc1cc(Cl)cnc1C(=O)Nc1ccc(F)c(C2(C)N=C(N)C(F)(F)OC2C)c1. The number of carbonyl (C=O) groups is 1. The highest BCUT2D eigenvalue weighted by Gasteiger charge is 2.50. The number of amides is 1. The second-order valence-corrected chi connectivity index (χ2v) is 7.33. The Balaban J connectivity index is 1.96. The Morgan fingerprint density at radius 3 is 2.69 bits per heavy atom. The third-order valence-electron chi connectivity index (χ3n) is 4.80. The van der Waals surface area contributed by atoms with Gasteiger partial charge >= 0.3 is 6.11 Å². The van der Waals surface area contributed by atoms with Crippen LogP contribution in [0.1, 0.15) is 35.5 Å². The molecule has 0 spiro atoms. The van der Waals surface area contributed by atoms with Gasteiger partial charge in [0.2, 0.25) is 0 Å². The highest BCUT2D eigenvalue weighted by molar-refractivity contribution is 6.30. The molecule has 0 fully saturated rings. The van der Waals surface area contributed by atoms with E-state index in [1.807, 2.05) is 0 Å². The van der Waals surface area contributed by atoms with Gasteiger partial charge in [-0.15, -0.1) is 0 Å². The summed E-state index contributed by atoms with van der Waals surface area (Å²) in [7, 11) is 0. The lowest BCUT2D eigenvalue weighted by Crippen LogP contribution is -2.52. The van der Waals surface area contributed by atoms with Crippen LogP contribution in [0.2, 0.25) is 5.02 Å². The van der Waals surface area contributed by atoms with Gasteiger partial charge in [0.15, 0.2) is 5.84 Å². The number of carbonyl (C=O) groups excluding carboxylic acids is 1. The fourth-order valence-corrected chi connectivity index (χ4v) is 3.25. The van der Waals surface area contributed by atoms with E-state index in [2.05, 4.69) is 20.0 Å². The van der Waals surface area contributed by atoms with E-state index in [1.54, 1.807) is 13.0 Å². The third-order valence-corrected chi connectivity index (χ3v) is 5.00. The van der Waals surface area contributed by atoms with Gasteiger partial charge in [-0.25, -0.2) is 9.37 Å². The van der Waals surface area contributed by atoms with Crippen molar-refractivity contribution in [3.63, 3.8) is 0 Å². The minimum absolute atomic E-state index is 0.0537. The molecule has 0 saturated carbocycles. The third kappa shape index (κ3) is 3.92. The minimum atomic E-state index is -3.74. The van der Waals surface area contributed by atoms with Gasteiger partial charge in [0.1, 0.15) is 17.1 Å². The van der Waals surface area contributed by atoms with Gasteiger partial charge < -0.3 is 15.8 Å². The van der Waals surface area contributed by atoms with Gasteiger partial charge in [0.05, 0.1) is 11.1 Å². The molecule has 154 valence electrons. The van der Waals surface area contributed by atoms with E-state index >= 15 is 0 Å². The summed E-state index contributed by atoms with van der Waals surface area (Å²) in [5.41, 5.74) is 4.67. The van der Waals surface area contributed by atoms with Crippen LogP contribution in [0.3, 0.4) is 0 Å². The Labute approximate surface area is 169 Å². The summed E-state index contributed by atoms with van der Waals surface area (Å²) in [6.07, 6.45) is -3.59. The number of alkyl halides is 2. The van der Waals surface area contributed by atoms with Crippen molar-refractivity contribution in [3.05, 3.63) is 58.1 Å². The molecule has 1 aliphatic rings. The van der Waals surface area contributed by atoms with Crippen LogP contribution in [0.15, 0.2) is 35.5 Å². The topological polar surface area (TPSA) is 89.6 Å². The summed E-state index contributed by atoms with van der Waals surface area (Å²) in [5.74, 6) is -2.29. The van der Waals surface area contributed by atoms with Crippen LogP contribution in [0.25, 0.3) is 0 Å². The van der Waals surface area contributed by atoms with E-state index in [1.165, 1.54) is 32.2 Å². The number of nitrogens with two attached hydrogens (primary N) is 1. The second kappa shape index (κ2) is 7.31.